The Labute approximate surface area is 189 Å². The highest BCUT2D eigenvalue weighted by Gasteiger charge is 2.23. The first-order valence-electron chi connectivity index (χ1n) is 11.6. The zero-order valence-electron chi connectivity index (χ0n) is 18.8. The van der Waals surface area contributed by atoms with Crippen molar-refractivity contribution in [2.45, 2.75) is 25.8 Å². The first-order valence-corrected chi connectivity index (χ1v) is 11.6. The molecule has 32 heavy (non-hydrogen) atoms. The first-order chi connectivity index (χ1) is 15.7. The van der Waals surface area contributed by atoms with E-state index in [-0.39, 0.29) is 0 Å². The van der Waals surface area contributed by atoms with Crippen LogP contribution >= 0.6 is 0 Å². The quantitative estimate of drug-likeness (QED) is 0.435. The number of likely N-dealkylation sites (tertiary alicyclic amines) is 1. The van der Waals surface area contributed by atoms with Crippen molar-refractivity contribution >= 4 is 10.9 Å². The van der Waals surface area contributed by atoms with E-state index in [1.807, 2.05) is 4.57 Å². The maximum absolute atomic E-state index is 3.92. The van der Waals surface area contributed by atoms with Crippen molar-refractivity contribution in [3.8, 4) is 5.69 Å². The van der Waals surface area contributed by atoms with Crippen LogP contribution in [-0.4, -0.2) is 62.8 Å². The van der Waals surface area contributed by atoms with Crippen LogP contribution in [0.15, 0.2) is 67.4 Å². The van der Waals surface area contributed by atoms with Crippen LogP contribution in [0.3, 0.4) is 0 Å². The number of benzene rings is 2. The fourth-order valence-corrected chi connectivity index (χ4v) is 5.03. The summed E-state index contributed by atoms with van der Waals surface area (Å²) in [5.74, 6) is 0.781. The van der Waals surface area contributed by atoms with E-state index >= 15 is 0 Å². The van der Waals surface area contributed by atoms with Crippen LogP contribution in [0.25, 0.3) is 16.6 Å². The van der Waals surface area contributed by atoms with Gasteiger partial charge < -0.3 is 14.8 Å². The molecule has 4 aromatic rings. The minimum atomic E-state index is 0.781. The Morgan fingerprint density at radius 3 is 2.78 bits per heavy atom. The maximum atomic E-state index is 3.92. The van der Waals surface area contributed by atoms with Crippen LogP contribution in [0.5, 0.6) is 0 Å². The average Bonchev–Trinajstić information content (AvgIpc) is 3.56. The molecule has 1 N–H and O–H groups in total. The normalized spacial score (nSPS) is 17.0. The second-order valence-corrected chi connectivity index (χ2v) is 9.15. The van der Waals surface area contributed by atoms with Gasteiger partial charge in [-0.1, -0.05) is 30.3 Å². The Balaban J connectivity index is 1.11. The highest BCUT2D eigenvalue weighted by molar-refractivity contribution is 5.85. The van der Waals surface area contributed by atoms with Crippen LogP contribution in [-0.2, 0) is 13.0 Å². The molecule has 0 saturated carbocycles. The maximum Gasteiger partial charge on any atom is 0.123 e. The number of nitrogens with zero attached hydrogens (tertiary/aromatic N) is 5. The molecule has 1 fully saturated rings. The zero-order valence-corrected chi connectivity index (χ0v) is 18.8. The molecule has 1 atom stereocenters. The minimum Gasteiger partial charge on any atom is -0.361 e. The van der Waals surface area contributed by atoms with E-state index < -0.39 is 0 Å². The van der Waals surface area contributed by atoms with Gasteiger partial charge in [0.15, 0.2) is 0 Å². The van der Waals surface area contributed by atoms with Gasteiger partial charge in [-0.2, -0.15) is 0 Å². The minimum absolute atomic E-state index is 0.781. The van der Waals surface area contributed by atoms with Gasteiger partial charge in [0.05, 0.1) is 0 Å². The largest absolute Gasteiger partial charge is 0.361 e. The molecular formula is C26H32N6. The molecule has 0 radical (unpaired) electrons. The lowest BCUT2D eigenvalue weighted by atomic mass is 10.1. The highest BCUT2D eigenvalue weighted by atomic mass is 15.2. The first kappa shape index (κ1) is 20.9. The summed E-state index contributed by atoms with van der Waals surface area (Å²) >= 11 is 0. The molecule has 0 bridgehead atoms. The van der Waals surface area contributed by atoms with Gasteiger partial charge in [-0.3, -0.25) is 4.57 Å². The molecular weight excluding hydrogens is 396 g/mol. The fraction of sp³-hybridized carbons (Fsp3) is 0.385. The summed E-state index contributed by atoms with van der Waals surface area (Å²) in [6, 6.07) is 17.3. The Morgan fingerprint density at radius 2 is 1.94 bits per heavy atom. The van der Waals surface area contributed by atoms with Gasteiger partial charge in [-0.25, -0.2) is 0 Å². The highest BCUT2D eigenvalue weighted by Crippen LogP contribution is 2.24. The number of nitrogens with one attached hydrogen (secondary N) is 1. The standard InChI is InChI=1S/C26H32N6/c1-30(16-21-6-3-2-4-7-21)17-22-11-13-31(18-22)12-5-8-23-15-27-26-10-9-24(14-25(23)26)32-19-28-29-20-32/h2-4,6-7,9-10,14-15,19-20,22,27H,5,8,11-13,16-18H2,1H3/t22-/m0/s1. The van der Waals surface area contributed by atoms with Gasteiger partial charge in [0, 0.05) is 42.4 Å². The van der Waals surface area contributed by atoms with Crippen LogP contribution in [0.1, 0.15) is 24.0 Å². The molecule has 2 aromatic carbocycles. The van der Waals surface area contributed by atoms with Gasteiger partial charge >= 0.3 is 0 Å². The molecule has 3 heterocycles. The number of rotatable bonds is 9. The molecule has 1 aliphatic rings. The third-order valence-corrected chi connectivity index (χ3v) is 6.62. The van der Waals surface area contributed by atoms with Crippen molar-refractivity contribution in [2.75, 3.05) is 33.2 Å². The lowest BCUT2D eigenvalue weighted by molar-refractivity contribution is 0.256. The van der Waals surface area contributed by atoms with Gasteiger partial charge in [0.25, 0.3) is 0 Å². The van der Waals surface area contributed by atoms with Crippen LogP contribution in [0.4, 0.5) is 0 Å². The van der Waals surface area contributed by atoms with E-state index in [4.69, 9.17) is 0 Å². The Hall–Kier alpha value is -2.96. The topological polar surface area (TPSA) is 53.0 Å². The van der Waals surface area contributed by atoms with E-state index in [9.17, 15) is 0 Å². The number of aromatic nitrogens is 4. The number of aromatic amines is 1. The summed E-state index contributed by atoms with van der Waals surface area (Å²) in [7, 11) is 2.25. The monoisotopic (exact) mass is 428 g/mol. The lowest BCUT2D eigenvalue weighted by Gasteiger charge is -2.21. The van der Waals surface area contributed by atoms with Crippen molar-refractivity contribution in [2.24, 2.45) is 5.92 Å². The molecule has 6 nitrogen and oxygen atoms in total. The number of hydrogen-bond acceptors (Lipinski definition) is 4. The zero-order chi connectivity index (χ0) is 21.8. The summed E-state index contributed by atoms with van der Waals surface area (Å²) in [4.78, 5) is 8.55. The average molecular weight is 429 g/mol. The van der Waals surface area contributed by atoms with Gasteiger partial charge in [-0.15, -0.1) is 10.2 Å². The Bertz CT molecular complexity index is 1120. The molecule has 6 heteroatoms. The summed E-state index contributed by atoms with van der Waals surface area (Å²) in [5.41, 5.74) is 5.09. The van der Waals surface area contributed by atoms with E-state index in [2.05, 4.69) is 86.8 Å². The van der Waals surface area contributed by atoms with E-state index in [1.165, 1.54) is 61.1 Å². The van der Waals surface area contributed by atoms with Gasteiger partial charge in [0.2, 0.25) is 0 Å². The van der Waals surface area contributed by atoms with E-state index in [1.54, 1.807) is 12.7 Å². The van der Waals surface area contributed by atoms with E-state index in [0.29, 0.717) is 0 Å². The number of H-pyrrole nitrogens is 1. The fourth-order valence-electron chi connectivity index (χ4n) is 5.03. The summed E-state index contributed by atoms with van der Waals surface area (Å²) in [6.45, 7) is 5.85. The Kier molecular flexibility index (Phi) is 6.32. The predicted octanol–water partition coefficient (Wildman–Crippen LogP) is 4.14. The number of aryl methyl sites for hydroxylation is 1. The third kappa shape index (κ3) is 4.92. The SMILES string of the molecule is CN(Cc1ccccc1)C[C@@H]1CCN(CCCc2c[nH]c3ccc(-n4cnnc4)cc23)C1. The lowest BCUT2D eigenvalue weighted by Crippen LogP contribution is -2.28. The molecule has 0 amide bonds. The van der Waals surface area contributed by atoms with Crippen molar-refractivity contribution < 1.29 is 0 Å². The number of fused-ring (bicyclic) bond motifs is 1. The van der Waals surface area contributed by atoms with Crippen LogP contribution in [0.2, 0.25) is 0 Å². The third-order valence-electron chi connectivity index (χ3n) is 6.62. The molecule has 0 unspecified atom stereocenters. The second kappa shape index (κ2) is 9.67. The van der Waals surface area contributed by atoms with Crippen LogP contribution < -0.4 is 0 Å². The van der Waals surface area contributed by atoms with Crippen LogP contribution in [0, 0.1) is 5.92 Å². The van der Waals surface area contributed by atoms with E-state index in [0.717, 1.165) is 24.6 Å². The van der Waals surface area contributed by atoms with Gasteiger partial charge in [-0.05, 0) is 74.6 Å². The summed E-state index contributed by atoms with van der Waals surface area (Å²) < 4.78 is 1.95. The molecule has 2 aromatic heterocycles. The molecule has 5 rings (SSSR count). The molecule has 166 valence electrons. The summed E-state index contributed by atoms with van der Waals surface area (Å²) in [6.07, 6.45) is 9.26. The molecule has 0 aliphatic carbocycles. The smallest absolute Gasteiger partial charge is 0.123 e. The number of hydrogen-bond donors (Lipinski definition) is 1. The van der Waals surface area contributed by atoms with Crippen molar-refractivity contribution in [1.29, 1.82) is 0 Å². The molecule has 1 aliphatic heterocycles. The molecule has 1 saturated heterocycles. The van der Waals surface area contributed by atoms with Crippen molar-refractivity contribution in [1.82, 2.24) is 29.5 Å². The van der Waals surface area contributed by atoms with Gasteiger partial charge in [0.1, 0.15) is 12.7 Å². The van der Waals surface area contributed by atoms with Crippen molar-refractivity contribution in [3.63, 3.8) is 0 Å². The second-order valence-electron chi connectivity index (χ2n) is 9.15. The predicted molar refractivity (Wildman–Crippen MR) is 129 cm³/mol. The summed E-state index contributed by atoms with van der Waals surface area (Å²) in [5, 5.41) is 9.15. The molecule has 0 spiro atoms. The van der Waals surface area contributed by atoms with Crippen molar-refractivity contribution in [3.05, 3.63) is 78.5 Å². The Morgan fingerprint density at radius 1 is 1.09 bits per heavy atom.